The lowest BCUT2D eigenvalue weighted by Gasteiger charge is -2.25. The van der Waals surface area contributed by atoms with E-state index in [-0.39, 0.29) is 18.0 Å². The highest BCUT2D eigenvalue weighted by Gasteiger charge is 2.22. The highest BCUT2D eigenvalue weighted by atomic mass is 16.5. The maximum atomic E-state index is 11.8. The summed E-state index contributed by atoms with van der Waals surface area (Å²) in [5.41, 5.74) is 0. The number of unbranched alkanes of at least 4 members (excludes halogenated alkanes) is 3. The molecule has 0 aromatic heterocycles. The molecule has 1 heterocycles. The Hall–Kier alpha value is -0.930. The smallest absolute Gasteiger partial charge is 0.135 e. The Labute approximate surface area is 129 Å². The first-order chi connectivity index (χ1) is 10.2. The summed E-state index contributed by atoms with van der Waals surface area (Å²) in [6.45, 7) is 2.78. The molecule has 21 heavy (non-hydrogen) atoms. The van der Waals surface area contributed by atoms with Gasteiger partial charge in [-0.05, 0) is 25.7 Å². The van der Waals surface area contributed by atoms with Crippen molar-refractivity contribution in [1.29, 1.82) is 0 Å². The second-order valence-electron chi connectivity index (χ2n) is 5.80. The van der Waals surface area contributed by atoms with Crippen molar-refractivity contribution in [2.75, 3.05) is 6.61 Å². The Morgan fingerprint density at radius 1 is 1.24 bits per heavy atom. The summed E-state index contributed by atoms with van der Waals surface area (Å²) in [5.74, 6) is 0.227. The molecule has 0 bridgehead atoms. The van der Waals surface area contributed by atoms with Crippen molar-refractivity contribution in [3.63, 3.8) is 0 Å². The van der Waals surface area contributed by atoms with E-state index in [1.54, 1.807) is 0 Å². The summed E-state index contributed by atoms with van der Waals surface area (Å²) < 4.78 is 5.50. The van der Waals surface area contributed by atoms with Crippen molar-refractivity contribution in [3.8, 4) is 0 Å². The fourth-order valence-corrected chi connectivity index (χ4v) is 2.46. The van der Waals surface area contributed by atoms with E-state index in [0.717, 1.165) is 12.8 Å². The third kappa shape index (κ3) is 9.59. The quantitative estimate of drug-likeness (QED) is 0.490. The van der Waals surface area contributed by atoms with Gasteiger partial charge in [-0.2, -0.15) is 0 Å². The van der Waals surface area contributed by atoms with E-state index < -0.39 is 0 Å². The van der Waals surface area contributed by atoms with Gasteiger partial charge in [0.15, 0.2) is 0 Å². The van der Waals surface area contributed by atoms with Crippen LogP contribution < -0.4 is 0 Å². The Morgan fingerprint density at radius 2 is 2.00 bits per heavy atom. The van der Waals surface area contributed by atoms with Gasteiger partial charge in [0.1, 0.15) is 5.78 Å². The molecule has 0 aliphatic carbocycles. The summed E-state index contributed by atoms with van der Waals surface area (Å²) in [6.07, 6.45) is 16.0. The van der Waals surface area contributed by atoms with E-state index >= 15 is 0 Å². The second-order valence-corrected chi connectivity index (χ2v) is 5.80. The lowest BCUT2D eigenvalue weighted by molar-refractivity contribution is -0.124. The Morgan fingerprint density at radius 3 is 2.71 bits per heavy atom. The van der Waals surface area contributed by atoms with E-state index in [0.29, 0.717) is 32.3 Å². The molecule has 3 heteroatoms. The molecule has 1 aliphatic rings. The van der Waals surface area contributed by atoms with E-state index in [2.05, 4.69) is 19.1 Å². The highest BCUT2D eigenvalue weighted by Crippen LogP contribution is 2.17. The molecular formula is C18H30O3. The zero-order valence-electron chi connectivity index (χ0n) is 13.3. The van der Waals surface area contributed by atoms with Gasteiger partial charge in [0.05, 0.1) is 12.2 Å². The first-order valence-electron chi connectivity index (χ1n) is 8.35. The van der Waals surface area contributed by atoms with Crippen LogP contribution >= 0.6 is 0 Å². The van der Waals surface area contributed by atoms with E-state index in [4.69, 9.17) is 4.74 Å². The van der Waals surface area contributed by atoms with Crippen LogP contribution in [0.15, 0.2) is 24.3 Å². The number of carbonyl (C=O) groups is 1. The van der Waals surface area contributed by atoms with Crippen LogP contribution in [-0.4, -0.2) is 29.7 Å². The molecule has 0 unspecified atom stereocenters. The van der Waals surface area contributed by atoms with Crippen molar-refractivity contribution in [2.24, 2.45) is 0 Å². The fraction of sp³-hybridized carbons (Fsp3) is 0.722. The molecule has 1 rings (SSSR count). The summed E-state index contributed by atoms with van der Waals surface area (Å²) in [5, 5.41) is 9.53. The standard InChI is InChI=1S/C18H30O3/c1-2-3-4-5-6-7-8-9-10-11-16(19)14-18-15-17(20)12-13-21-18/h6-9,17-18,20H,2-5,10-15H2,1H3/b7-6+,9-8+/t17-,18+/m0/s1. The topological polar surface area (TPSA) is 46.5 Å². The summed E-state index contributed by atoms with van der Waals surface area (Å²) >= 11 is 0. The van der Waals surface area contributed by atoms with E-state index in [9.17, 15) is 9.90 Å². The summed E-state index contributed by atoms with van der Waals surface area (Å²) in [7, 11) is 0. The third-order valence-corrected chi connectivity index (χ3v) is 3.74. The molecule has 0 amide bonds. The largest absolute Gasteiger partial charge is 0.393 e. The molecule has 1 aliphatic heterocycles. The minimum absolute atomic E-state index is 0.0799. The van der Waals surface area contributed by atoms with E-state index in [1.165, 1.54) is 19.3 Å². The van der Waals surface area contributed by atoms with Crippen molar-refractivity contribution < 1.29 is 14.6 Å². The van der Waals surface area contributed by atoms with Gasteiger partial charge in [-0.1, -0.05) is 44.1 Å². The molecule has 1 fully saturated rings. The molecule has 2 atom stereocenters. The number of aliphatic hydroxyl groups excluding tert-OH is 1. The summed E-state index contributed by atoms with van der Waals surface area (Å²) in [6, 6.07) is 0. The van der Waals surface area contributed by atoms with Crippen molar-refractivity contribution in [3.05, 3.63) is 24.3 Å². The number of Topliss-reactive ketones (excluding diaryl/α,β-unsaturated/α-hetero) is 1. The Kier molecular flexibility index (Phi) is 10.1. The SMILES string of the molecule is CCCCC/C=C/C=C/CCC(=O)C[C@@H]1C[C@@H](O)CCO1. The van der Waals surface area contributed by atoms with Crippen molar-refractivity contribution in [1.82, 2.24) is 0 Å². The maximum absolute atomic E-state index is 11.8. The van der Waals surface area contributed by atoms with Crippen molar-refractivity contribution >= 4 is 5.78 Å². The van der Waals surface area contributed by atoms with E-state index in [1.807, 2.05) is 12.2 Å². The van der Waals surface area contributed by atoms with Gasteiger partial charge in [0, 0.05) is 25.9 Å². The minimum atomic E-state index is -0.297. The molecule has 0 radical (unpaired) electrons. The molecule has 0 saturated carbocycles. The number of ether oxygens (including phenoxy) is 1. The summed E-state index contributed by atoms with van der Waals surface area (Å²) in [4.78, 5) is 11.8. The molecule has 0 aromatic carbocycles. The molecule has 1 saturated heterocycles. The van der Waals surface area contributed by atoms with Gasteiger partial charge in [-0.15, -0.1) is 0 Å². The number of hydrogen-bond acceptors (Lipinski definition) is 3. The lowest BCUT2D eigenvalue weighted by Crippen LogP contribution is -2.30. The van der Waals surface area contributed by atoms with Gasteiger partial charge in [-0.3, -0.25) is 4.79 Å². The Balaban J connectivity index is 2.04. The predicted octanol–water partition coefficient (Wildman–Crippen LogP) is 3.96. The van der Waals surface area contributed by atoms with Crippen LogP contribution in [0.5, 0.6) is 0 Å². The first kappa shape index (κ1) is 18.1. The Bertz CT molecular complexity index is 333. The zero-order valence-corrected chi connectivity index (χ0v) is 13.3. The average molecular weight is 294 g/mol. The third-order valence-electron chi connectivity index (χ3n) is 3.74. The maximum Gasteiger partial charge on any atom is 0.135 e. The monoisotopic (exact) mass is 294 g/mol. The normalized spacial score (nSPS) is 23.1. The van der Waals surface area contributed by atoms with Gasteiger partial charge in [0.25, 0.3) is 0 Å². The van der Waals surface area contributed by atoms with Crippen LogP contribution in [0.2, 0.25) is 0 Å². The zero-order chi connectivity index (χ0) is 15.3. The average Bonchev–Trinajstić information content (AvgIpc) is 2.45. The minimum Gasteiger partial charge on any atom is -0.393 e. The number of rotatable bonds is 10. The molecule has 120 valence electrons. The van der Waals surface area contributed by atoms with Crippen LogP contribution in [-0.2, 0) is 9.53 Å². The molecule has 1 N–H and O–H groups in total. The molecular weight excluding hydrogens is 264 g/mol. The number of carbonyl (C=O) groups excluding carboxylic acids is 1. The van der Waals surface area contributed by atoms with Gasteiger partial charge in [0.2, 0.25) is 0 Å². The molecule has 0 aromatic rings. The first-order valence-corrected chi connectivity index (χ1v) is 8.35. The fourth-order valence-electron chi connectivity index (χ4n) is 2.46. The van der Waals surface area contributed by atoms with Crippen LogP contribution in [0.3, 0.4) is 0 Å². The van der Waals surface area contributed by atoms with Crippen molar-refractivity contribution in [2.45, 2.75) is 76.9 Å². The number of hydrogen-bond donors (Lipinski definition) is 1. The lowest BCUT2D eigenvalue weighted by atomic mass is 10.00. The second kappa shape index (κ2) is 11.7. The van der Waals surface area contributed by atoms with Gasteiger partial charge in [-0.25, -0.2) is 0 Å². The number of ketones is 1. The van der Waals surface area contributed by atoms with Crippen LogP contribution in [0.4, 0.5) is 0 Å². The highest BCUT2D eigenvalue weighted by molar-refractivity contribution is 5.79. The van der Waals surface area contributed by atoms with Gasteiger partial charge >= 0.3 is 0 Å². The van der Waals surface area contributed by atoms with Crippen LogP contribution in [0.1, 0.15) is 64.7 Å². The van der Waals surface area contributed by atoms with Crippen LogP contribution in [0, 0.1) is 0 Å². The number of aliphatic hydroxyl groups is 1. The molecule has 3 nitrogen and oxygen atoms in total. The predicted molar refractivity (Wildman–Crippen MR) is 86.3 cm³/mol. The van der Waals surface area contributed by atoms with Crippen LogP contribution in [0.25, 0.3) is 0 Å². The van der Waals surface area contributed by atoms with Gasteiger partial charge < -0.3 is 9.84 Å². The molecule has 0 spiro atoms. The number of allylic oxidation sites excluding steroid dienone is 4.